The Hall–Kier alpha value is -3.33. The Bertz CT molecular complexity index is 1130. The zero-order valence-electron chi connectivity index (χ0n) is 14.5. The summed E-state index contributed by atoms with van der Waals surface area (Å²) in [5, 5.41) is 10.9. The molecule has 8 nitrogen and oxygen atoms in total. The summed E-state index contributed by atoms with van der Waals surface area (Å²) in [6.07, 6.45) is 0. The number of thiazole rings is 1. The maximum absolute atomic E-state index is 12.5. The molecule has 9 heteroatoms. The molecule has 0 saturated heterocycles. The summed E-state index contributed by atoms with van der Waals surface area (Å²) in [5.41, 5.74) is 1.69. The molecule has 1 amide bonds. The zero-order chi connectivity index (χ0) is 19.6. The van der Waals surface area contributed by atoms with Gasteiger partial charge in [-0.05, 0) is 30.7 Å². The van der Waals surface area contributed by atoms with Crippen LogP contribution in [0.1, 0.15) is 15.9 Å². The molecule has 1 aromatic heterocycles. The number of benzene rings is 2. The van der Waals surface area contributed by atoms with E-state index in [0.29, 0.717) is 4.80 Å². The monoisotopic (exact) mass is 385 g/mol. The highest BCUT2D eigenvalue weighted by Gasteiger charge is 2.14. The Balaban J connectivity index is 2.12. The van der Waals surface area contributed by atoms with Crippen LogP contribution in [0.3, 0.4) is 0 Å². The molecule has 0 aliphatic rings. The van der Waals surface area contributed by atoms with Gasteiger partial charge in [0, 0.05) is 17.7 Å². The molecule has 3 aromatic rings. The number of ether oxygens (including phenoxy) is 1. The van der Waals surface area contributed by atoms with Crippen LogP contribution in [0, 0.1) is 17.0 Å². The molecule has 0 N–H and O–H groups in total. The van der Waals surface area contributed by atoms with Crippen molar-refractivity contribution in [3.63, 3.8) is 0 Å². The van der Waals surface area contributed by atoms with E-state index < -0.39 is 16.8 Å². The van der Waals surface area contributed by atoms with E-state index in [1.165, 1.54) is 42.7 Å². The van der Waals surface area contributed by atoms with E-state index in [1.54, 1.807) is 4.57 Å². The van der Waals surface area contributed by atoms with Crippen LogP contribution >= 0.6 is 11.3 Å². The Kier molecular flexibility index (Phi) is 5.13. The van der Waals surface area contributed by atoms with Gasteiger partial charge in [0.05, 0.1) is 22.2 Å². The number of carbonyl (C=O) groups is 2. The number of non-ortho nitro benzene ring substituents is 1. The highest BCUT2D eigenvalue weighted by Crippen LogP contribution is 2.19. The van der Waals surface area contributed by atoms with E-state index in [-0.39, 0.29) is 17.8 Å². The number of hydrogen-bond acceptors (Lipinski definition) is 6. The van der Waals surface area contributed by atoms with Crippen molar-refractivity contribution >= 4 is 39.1 Å². The van der Waals surface area contributed by atoms with Crippen molar-refractivity contribution < 1.29 is 19.2 Å². The largest absolute Gasteiger partial charge is 0.468 e. The van der Waals surface area contributed by atoms with Crippen LogP contribution in [-0.2, 0) is 16.1 Å². The zero-order valence-corrected chi connectivity index (χ0v) is 15.4. The number of nitrogens with zero attached hydrogens (tertiary/aromatic N) is 3. The number of fused-ring (bicyclic) bond motifs is 1. The molecule has 138 valence electrons. The van der Waals surface area contributed by atoms with Gasteiger partial charge in [-0.3, -0.25) is 19.7 Å². The van der Waals surface area contributed by atoms with Crippen molar-refractivity contribution in [1.29, 1.82) is 0 Å². The summed E-state index contributed by atoms with van der Waals surface area (Å²) in [6, 6.07) is 11.0. The highest BCUT2D eigenvalue weighted by molar-refractivity contribution is 7.16. The van der Waals surface area contributed by atoms with Gasteiger partial charge in [-0.25, -0.2) is 0 Å². The second-order valence-corrected chi connectivity index (χ2v) is 6.75. The Morgan fingerprint density at radius 1 is 1.26 bits per heavy atom. The van der Waals surface area contributed by atoms with E-state index in [0.717, 1.165) is 15.8 Å². The minimum atomic E-state index is -0.624. The molecule has 0 aliphatic heterocycles. The first-order chi connectivity index (χ1) is 12.9. The molecule has 0 unspecified atom stereocenters. The predicted molar refractivity (Wildman–Crippen MR) is 99.6 cm³/mol. The minimum Gasteiger partial charge on any atom is -0.468 e. The van der Waals surface area contributed by atoms with Crippen molar-refractivity contribution in [2.24, 2.45) is 4.99 Å². The fourth-order valence-electron chi connectivity index (χ4n) is 2.52. The number of carbonyl (C=O) groups excluding carboxylic acids is 2. The van der Waals surface area contributed by atoms with E-state index in [4.69, 9.17) is 4.74 Å². The smallest absolute Gasteiger partial charge is 0.325 e. The number of nitro benzene ring substituents is 1. The number of amides is 1. The SMILES string of the molecule is COC(=O)Cn1c(=NC(=O)c2cccc([N+](=O)[O-])c2)sc2cc(C)ccc21. The van der Waals surface area contributed by atoms with E-state index in [1.807, 2.05) is 25.1 Å². The molecule has 2 aromatic carbocycles. The molecule has 0 aliphatic carbocycles. The lowest BCUT2D eigenvalue weighted by Gasteiger charge is -2.03. The predicted octanol–water partition coefficient (Wildman–Crippen LogP) is 2.83. The molecule has 0 bridgehead atoms. The number of rotatable bonds is 4. The third kappa shape index (κ3) is 3.93. The lowest BCUT2D eigenvalue weighted by Crippen LogP contribution is -2.22. The summed E-state index contributed by atoms with van der Waals surface area (Å²) in [5.74, 6) is -1.10. The second kappa shape index (κ2) is 7.50. The maximum atomic E-state index is 12.5. The number of aromatic nitrogens is 1. The van der Waals surface area contributed by atoms with Crippen molar-refractivity contribution in [1.82, 2.24) is 4.57 Å². The average Bonchev–Trinajstić information content (AvgIpc) is 2.97. The molecule has 0 spiro atoms. The van der Waals surface area contributed by atoms with Gasteiger partial charge >= 0.3 is 5.97 Å². The van der Waals surface area contributed by atoms with Crippen LogP contribution in [0.4, 0.5) is 5.69 Å². The lowest BCUT2D eigenvalue weighted by atomic mass is 10.2. The molecule has 27 heavy (non-hydrogen) atoms. The fourth-order valence-corrected chi connectivity index (χ4v) is 3.64. The normalized spacial score (nSPS) is 11.6. The summed E-state index contributed by atoms with van der Waals surface area (Å²) in [4.78, 5) is 39.0. The number of aryl methyl sites for hydroxylation is 1. The molecule has 0 radical (unpaired) electrons. The second-order valence-electron chi connectivity index (χ2n) is 5.74. The Morgan fingerprint density at radius 2 is 2.04 bits per heavy atom. The topological polar surface area (TPSA) is 104 Å². The van der Waals surface area contributed by atoms with Crippen molar-refractivity contribution in [3.8, 4) is 0 Å². The van der Waals surface area contributed by atoms with Gasteiger partial charge in [-0.1, -0.05) is 23.5 Å². The first kappa shape index (κ1) is 18.5. The van der Waals surface area contributed by atoms with Crippen LogP contribution in [0.5, 0.6) is 0 Å². The molecule has 0 fully saturated rings. The fraction of sp³-hybridized carbons (Fsp3) is 0.167. The van der Waals surface area contributed by atoms with Crippen molar-refractivity contribution in [2.45, 2.75) is 13.5 Å². The third-order valence-corrected chi connectivity index (χ3v) is 4.90. The van der Waals surface area contributed by atoms with Gasteiger partial charge in [0.2, 0.25) is 0 Å². The summed E-state index contributed by atoms with van der Waals surface area (Å²) in [6.45, 7) is 1.84. The molecule has 0 atom stereocenters. The van der Waals surface area contributed by atoms with Crippen molar-refractivity contribution in [3.05, 3.63) is 68.5 Å². The van der Waals surface area contributed by atoms with Gasteiger partial charge in [0.1, 0.15) is 6.54 Å². The number of hydrogen-bond donors (Lipinski definition) is 0. The van der Waals surface area contributed by atoms with E-state index in [2.05, 4.69) is 4.99 Å². The summed E-state index contributed by atoms with van der Waals surface area (Å²) < 4.78 is 7.19. The third-order valence-electron chi connectivity index (χ3n) is 3.85. The summed E-state index contributed by atoms with van der Waals surface area (Å²) in [7, 11) is 1.28. The molecule has 1 heterocycles. The van der Waals surface area contributed by atoms with Gasteiger partial charge in [-0.2, -0.15) is 4.99 Å². The van der Waals surface area contributed by atoms with E-state index >= 15 is 0 Å². The molecule has 0 saturated carbocycles. The molecular weight excluding hydrogens is 370 g/mol. The van der Waals surface area contributed by atoms with Crippen LogP contribution in [0.2, 0.25) is 0 Å². The first-order valence-electron chi connectivity index (χ1n) is 7.89. The first-order valence-corrected chi connectivity index (χ1v) is 8.71. The lowest BCUT2D eigenvalue weighted by molar-refractivity contribution is -0.384. The van der Waals surface area contributed by atoms with Crippen LogP contribution in [-0.4, -0.2) is 28.5 Å². The minimum absolute atomic E-state index is 0.0966. The van der Waals surface area contributed by atoms with Gasteiger partial charge in [0.25, 0.3) is 11.6 Å². The standard InChI is InChI=1S/C18H15N3O5S/c1-11-6-7-14-15(8-11)27-18(20(14)10-16(22)26-2)19-17(23)12-4-3-5-13(9-12)21(24)25/h3-9H,10H2,1-2H3. The number of methoxy groups -OCH3 is 1. The van der Waals surface area contributed by atoms with Gasteiger partial charge in [0.15, 0.2) is 4.80 Å². The van der Waals surface area contributed by atoms with Gasteiger partial charge < -0.3 is 9.30 Å². The van der Waals surface area contributed by atoms with Crippen LogP contribution in [0.15, 0.2) is 47.5 Å². The highest BCUT2D eigenvalue weighted by atomic mass is 32.1. The van der Waals surface area contributed by atoms with Crippen LogP contribution < -0.4 is 4.80 Å². The number of esters is 1. The van der Waals surface area contributed by atoms with Crippen LogP contribution in [0.25, 0.3) is 10.2 Å². The quantitative estimate of drug-likeness (QED) is 0.390. The van der Waals surface area contributed by atoms with Gasteiger partial charge in [-0.15, -0.1) is 0 Å². The van der Waals surface area contributed by atoms with Crippen molar-refractivity contribution in [2.75, 3.05) is 7.11 Å². The van der Waals surface area contributed by atoms with E-state index in [9.17, 15) is 19.7 Å². The average molecular weight is 385 g/mol. The summed E-state index contributed by atoms with van der Waals surface area (Å²) >= 11 is 1.26. The molecule has 3 rings (SSSR count). The maximum Gasteiger partial charge on any atom is 0.325 e. The Labute approximate surface area is 157 Å². The molecular formula is C18H15N3O5S. The Morgan fingerprint density at radius 3 is 2.74 bits per heavy atom. The number of nitro groups is 1.